The second-order valence-corrected chi connectivity index (χ2v) is 7.17. The summed E-state index contributed by atoms with van der Waals surface area (Å²) in [6, 6.07) is 8.64. The van der Waals surface area contributed by atoms with Crippen LogP contribution < -0.4 is 5.11 Å². The van der Waals surface area contributed by atoms with Crippen molar-refractivity contribution in [3.8, 4) is 0 Å². The number of carboxylic acids is 1. The zero-order valence-corrected chi connectivity index (χ0v) is 15.1. The van der Waals surface area contributed by atoms with Gasteiger partial charge >= 0.3 is 0 Å². The number of nitrogens with zero attached hydrogens (tertiary/aromatic N) is 1. The van der Waals surface area contributed by atoms with E-state index in [-0.39, 0.29) is 16.1 Å². The summed E-state index contributed by atoms with van der Waals surface area (Å²) in [6.45, 7) is 3.65. The van der Waals surface area contributed by atoms with Gasteiger partial charge in [-0.15, -0.1) is 0 Å². The van der Waals surface area contributed by atoms with Crippen LogP contribution in [0.2, 0.25) is 0 Å². The van der Waals surface area contributed by atoms with Crippen LogP contribution in [0.25, 0.3) is 6.08 Å². The molecule has 126 valence electrons. The summed E-state index contributed by atoms with van der Waals surface area (Å²) < 4.78 is 0.258. The van der Waals surface area contributed by atoms with Crippen LogP contribution in [-0.2, 0) is 9.59 Å². The molecular formula is C18H18NO3S2-. The van der Waals surface area contributed by atoms with Crippen LogP contribution in [0.15, 0.2) is 47.4 Å². The molecule has 0 aliphatic carbocycles. The number of hydrogen-bond donors (Lipinski definition) is 0. The zero-order chi connectivity index (χ0) is 17.7. The smallest absolute Gasteiger partial charge is 0.266 e. The van der Waals surface area contributed by atoms with Crippen molar-refractivity contribution < 1.29 is 14.7 Å². The largest absolute Gasteiger partial charge is 0.548 e. The number of aliphatic carboxylic acids is 1. The van der Waals surface area contributed by atoms with Crippen molar-refractivity contribution in [2.24, 2.45) is 5.92 Å². The van der Waals surface area contributed by atoms with E-state index in [2.05, 4.69) is 0 Å². The lowest BCUT2D eigenvalue weighted by Gasteiger charge is -2.32. The number of allylic oxidation sites excluding steroid dienone is 2. The Morgan fingerprint density at radius 2 is 2.04 bits per heavy atom. The normalized spacial score (nSPS) is 19.2. The molecule has 1 heterocycles. The number of amides is 1. The lowest BCUT2D eigenvalue weighted by molar-refractivity contribution is -0.311. The second kappa shape index (κ2) is 8.26. The molecule has 1 amide bonds. The molecule has 0 aromatic heterocycles. The third kappa shape index (κ3) is 4.13. The van der Waals surface area contributed by atoms with Crippen molar-refractivity contribution in [1.82, 2.24) is 4.90 Å². The fourth-order valence-electron chi connectivity index (χ4n) is 2.36. The average molecular weight is 360 g/mol. The van der Waals surface area contributed by atoms with E-state index in [1.165, 1.54) is 4.90 Å². The number of hydrogen-bond acceptors (Lipinski definition) is 5. The third-order valence-corrected chi connectivity index (χ3v) is 5.21. The van der Waals surface area contributed by atoms with Gasteiger partial charge in [-0.05, 0) is 17.6 Å². The van der Waals surface area contributed by atoms with Crippen molar-refractivity contribution in [1.29, 1.82) is 0 Å². The molecule has 6 heteroatoms. The SMILES string of the molecule is CC[C@H](C)[C@@H](C(=O)[O-])N1C(=O)/C(=C/C=C/c2ccccc2)SC1=S. The van der Waals surface area contributed by atoms with E-state index in [9.17, 15) is 14.7 Å². The molecule has 1 fully saturated rings. The van der Waals surface area contributed by atoms with E-state index in [1.54, 1.807) is 19.1 Å². The maximum atomic E-state index is 12.5. The van der Waals surface area contributed by atoms with Gasteiger partial charge in [0.05, 0.1) is 16.9 Å². The minimum atomic E-state index is -1.28. The number of thiocarbonyl (C=S) groups is 1. The number of rotatable bonds is 6. The Morgan fingerprint density at radius 3 is 2.62 bits per heavy atom. The predicted molar refractivity (Wildman–Crippen MR) is 98.8 cm³/mol. The molecule has 0 spiro atoms. The summed E-state index contributed by atoms with van der Waals surface area (Å²) >= 11 is 6.33. The second-order valence-electron chi connectivity index (χ2n) is 5.49. The third-order valence-electron chi connectivity index (χ3n) is 3.86. The van der Waals surface area contributed by atoms with Gasteiger partial charge < -0.3 is 9.90 Å². The fraction of sp³-hybridized carbons (Fsp3) is 0.278. The van der Waals surface area contributed by atoms with E-state index in [0.29, 0.717) is 11.3 Å². The van der Waals surface area contributed by atoms with Crippen molar-refractivity contribution >= 4 is 46.3 Å². The highest BCUT2D eigenvalue weighted by atomic mass is 32.2. The number of thioether (sulfide) groups is 1. The van der Waals surface area contributed by atoms with Gasteiger partial charge in [0.2, 0.25) is 0 Å². The molecule has 0 unspecified atom stereocenters. The Labute approximate surface area is 151 Å². The van der Waals surface area contributed by atoms with Crippen molar-refractivity contribution in [3.05, 3.63) is 53.0 Å². The van der Waals surface area contributed by atoms with Crippen LogP contribution >= 0.6 is 24.0 Å². The van der Waals surface area contributed by atoms with Gasteiger partial charge in [-0.25, -0.2) is 0 Å². The van der Waals surface area contributed by atoms with E-state index >= 15 is 0 Å². The van der Waals surface area contributed by atoms with E-state index in [0.717, 1.165) is 17.3 Å². The van der Waals surface area contributed by atoms with Gasteiger partial charge in [0, 0.05) is 0 Å². The molecule has 1 aliphatic heterocycles. The van der Waals surface area contributed by atoms with Gasteiger partial charge in [-0.3, -0.25) is 9.69 Å². The molecule has 0 saturated carbocycles. The molecule has 1 aliphatic rings. The quantitative estimate of drug-likeness (QED) is 0.576. The minimum Gasteiger partial charge on any atom is -0.548 e. The van der Waals surface area contributed by atoms with Gasteiger partial charge in [0.25, 0.3) is 5.91 Å². The van der Waals surface area contributed by atoms with Gasteiger partial charge in [0.15, 0.2) is 0 Å². The van der Waals surface area contributed by atoms with Crippen LogP contribution in [0, 0.1) is 5.92 Å². The summed E-state index contributed by atoms with van der Waals surface area (Å²) in [4.78, 5) is 25.6. The Bertz CT molecular complexity index is 697. The lowest BCUT2D eigenvalue weighted by Crippen LogP contribution is -2.53. The molecule has 0 radical (unpaired) electrons. The molecule has 0 bridgehead atoms. The Morgan fingerprint density at radius 1 is 1.38 bits per heavy atom. The Kier molecular flexibility index (Phi) is 6.34. The fourth-order valence-corrected chi connectivity index (χ4v) is 3.64. The number of carboxylic acid groups (broad SMARTS) is 1. The first-order valence-corrected chi connectivity index (χ1v) is 8.87. The first kappa shape index (κ1) is 18.4. The summed E-state index contributed by atoms with van der Waals surface area (Å²) in [6.07, 6.45) is 5.91. The van der Waals surface area contributed by atoms with E-state index < -0.39 is 12.0 Å². The number of carbonyl (C=O) groups is 2. The van der Waals surface area contributed by atoms with Gasteiger partial charge in [-0.1, -0.05) is 86.7 Å². The highest BCUT2D eigenvalue weighted by Crippen LogP contribution is 2.34. The zero-order valence-electron chi connectivity index (χ0n) is 13.5. The summed E-state index contributed by atoms with van der Waals surface area (Å²) in [5.41, 5.74) is 1.01. The standard InChI is InChI=1S/C18H19NO3S2/c1-3-12(2)15(17(21)22)19-16(20)14(24-18(19)23)11-7-10-13-8-5-4-6-9-13/h4-12,15H,3H2,1-2H3,(H,21,22)/p-1/b10-7+,14-11-/t12-,15-/m0/s1. The average Bonchev–Trinajstić information content (AvgIpc) is 2.83. The topological polar surface area (TPSA) is 60.4 Å². The minimum absolute atomic E-state index is 0.239. The maximum absolute atomic E-state index is 12.5. The number of benzene rings is 1. The summed E-state index contributed by atoms with van der Waals surface area (Å²) in [5, 5.41) is 11.5. The van der Waals surface area contributed by atoms with Crippen LogP contribution in [-0.4, -0.2) is 27.1 Å². The maximum Gasteiger partial charge on any atom is 0.266 e. The highest BCUT2D eigenvalue weighted by Gasteiger charge is 2.39. The summed E-state index contributed by atoms with van der Waals surface area (Å²) in [7, 11) is 0. The van der Waals surface area contributed by atoms with Crippen LogP contribution in [0.5, 0.6) is 0 Å². The molecule has 2 atom stereocenters. The molecule has 0 N–H and O–H groups in total. The first-order chi connectivity index (χ1) is 11.5. The van der Waals surface area contributed by atoms with Crippen LogP contribution in [0.4, 0.5) is 0 Å². The van der Waals surface area contributed by atoms with Crippen molar-refractivity contribution in [2.75, 3.05) is 0 Å². The van der Waals surface area contributed by atoms with E-state index in [1.807, 2.05) is 43.3 Å². The predicted octanol–water partition coefficient (Wildman–Crippen LogP) is 2.61. The van der Waals surface area contributed by atoms with Gasteiger partial charge in [0.1, 0.15) is 4.32 Å². The Balaban J connectivity index is 2.20. The van der Waals surface area contributed by atoms with Gasteiger partial charge in [-0.2, -0.15) is 0 Å². The summed E-state index contributed by atoms with van der Waals surface area (Å²) in [5.74, 6) is -1.89. The first-order valence-electron chi connectivity index (χ1n) is 7.65. The molecule has 1 aromatic rings. The number of carbonyl (C=O) groups excluding carboxylic acids is 2. The molecular weight excluding hydrogens is 342 g/mol. The van der Waals surface area contributed by atoms with Crippen LogP contribution in [0.1, 0.15) is 25.8 Å². The monoisotopic (exact) mass is 360 g/mol. The molecule has 24 heavy (non-hydrogen) atoms. The highest BCUT2D eigenvalue weighted by molar-refractivity contribution is 8.26. The van der Waals surface area contributed by atoms with Crippen molar-refractivity contribution in [2.45, 2.75) is 26.3 Å². The molecule has 1 saturated heterocycles. The lowest BCUT2D eigenvalue weighted by atomic mass is 9.98. The van der Waals surface area contributed by atoms with Crippen LogP contribution in [0.3, 0.4) is 0 Å². The molecule has 2 rings (SSSR count). The van der Waals surface area contributed by atoms with Crippen molar-refractivity contribution in [3.63, 3.8) is 0 Å². The molecule has 4 nitrogen and oxygen atoms in total. The molecule has 1 aromatic carbocycles. The Hall–Kier alpha value is -1.92. The van der Waals surface area contributed by atoms with E-state index in [4.69, 9.17) is 12.2 Å².